The van der Waals surface area contributed by atoms with Gasteiger partial charge >= 0.3 is 5.97 Å². The van der Waals surface area contributed by atoms with E-state index in [-0.39, 0.29) is 5.97 Å². The number of esters is 1. The van der Waals surface area contributed by atoms with Crippen molar-refractivity contribution in [2.75, 3.05) is 19.7 Å². The first kappa shape index (κ1) is 9.58. The van der Waals surface area contributed by atoms with Gasteiger partial charge in [0, 0.05) is 12.6 Å². The van der Waals surface area contributed by atoms with Gasteiger partial charge in [-0.3, -0.25) is 0 Å². The molecule has 1 aliphatic rings. The first-order valence-electron chi connectivity index (χ1n) is 4.19. The minimum absolute atomic E-state index is 0.364. The molecule has 0 saturated heterocycles. The molecule has 3 heteroatoms. The first-order valence-corrected chi connectivity index (χ1v) is 4.19. The summed E-state index contributed by atoms with van der Waals surface area (Å²) in [6.07, 6.45) is 9.15. The maximum Gasteiger partial charge on any atom is 0.330 e. The minimum Gasteiger partial charge on any atom is -0.461 e. The highest BCUT2D eigenvalue weighted by molar-refractivity contribution is 5.81. The Morgan fingerprint density at radius 3 is 3.08 bits per heavy atom. The molecule has 0 amide bonds. The molecule has 0 radical (unpaired) electrons. The molecule has 0 saturated carbocycles. The number of allylic oxidation sites excluding steroid dienone is 2. The topological polar surface area (TPSA) is 29.5 Å². The Morgan fingerprint density at radius 2 is 2.46 bits per heavy atom. The van der Waals surface area contributed by atoms with Gasteiger partial charge in [0.25, 0.3) is 0 Å². The highest BCUT2D eigenvalue weighted by Crippen LogP contribution is 1.97. The molecule has 0 aromatic heterocycles. The van der Waals surface area contributed by atoms with E-state index < -0.39 is 0 Å². The normalized spacial score (nSPS) is 14.3. The lowest BCUT2D eigenvalue weighted by Crippen LogP contribution is -2.24. The fraction of sp³-hybridized carbons (Fsp3) is 0.300. The average Bonchev–Trinajstić information content (AvgIpc) is 2.19. The molecule has 1 heterocycles. The first-order chi connectivity index (χ1) is 6.33. The van der Waals surface area contributed by atoms with Gasteiger partial charge in [0.05, 0.1) is 6.54 Å². The number of hydrogen-bond donors (Lipinski definition) is 0. The summed E-state index contributed by atoms with van der Waals surface area (Å²) in [5.74, 6) is -0.364. The van der Waals surface area contributed by atoms with Crippen LogP contribution in [0.5, 0.6) is 0 Å². The molecular formula is C10H13NO2. The van der Waals surface area contributed by atoms with Gasteiger partial charge in [-0.15, -0.1) is 0 Å². The fourth-order valence-electron chi connectivity index (χ4n) is 0.995. The Hall–Kier alpha value is -1.51. The van der Waals surface area contributed by atoms with Crippen LogP contribution in [0.3, 0.4) is 0 Å². The van der Waals surface area contributed by atoms with Gasteiger partial charge in [0.2, 0.25) is 0 Å². The molecule has 1 rings (SSSR count). The Balaban J connectivity index is 2.12. The van der Waals surface area contributed by atoms with Crippen LogP contribution in [0.1, 0.15) is 0 Å². The summed E-state index contributed by atoms with van der Waals surface area (Å²) in [5, 5.41) is 0. The number of ether oxygens (including phenoxy) is 1. The lowest BCUT2D eigenvalue weighted by molar-refractivity contribution is -0.137. The van der Waals surface area contributed by atoms with Gasteiger partial charge < -0.3 is 9.64 Å². The number of hydrogen-bond acceptors (Lipinski definition) is 3. The Kier molecular flexibility index (Phi) is 3.82. The standard InChI is InChI=1S/C10H13NO2/c1-2-10(12)13-9-8-11-6-4-3-5-7-11/h2-6H,1,7-9H2. The molecule has 70 valence electrons. The number of carbonyl (C=O) groups excluding carboxylic acids is 1. The highest BCUT2D eigenvalue weighted by Gasteiger charge is 2.00. The summed E-state index contributed by atoms with van der Waals surface area (Å²) in [7, 11) is 0. The van der Waals surface area contributed by atoms with Crippen molar-refractivity contribution in [2.45, 2.75) is 0 Å². The number of rotatable bonds is 4. The van der Waals surface area contributed by atoms with Crippen LogP contribution in [0.25, 0.3) is 0 Å². The predicted octanol–water partition coefficient (Wildman–Crippen LogP) is 1.10. The van der Waals surface area contributed by atoms with Crippen LogP contribution in [0.4, 0.5) is 0 Å². The van der Waals surface area contributed by atoms with E-state index in [9.17, 15) is 4.79 Å². The number of nitrogens with zero attached hydrogens (tertiary/aromatic N) is 1. The molecular weight excluding hydrogens is 166 g/mol. The quantitative estimate of drug-likeness (QED) is 0.478. The SMILES string of the molecule is C=CC(=O)OCCN1C=CC=CC1. The van der Waals surface area contributed by atoms with Crippen LogP contribution in [-0.2, 0) is 9.53 Å². The second-order valence-electron chi connectivity index (χ2n) is 2.64. The summed E-state index contributed by atoms with van der Waals surface area (Å²) in [6.45, 7) is 5.32. The van der Waals surface area contributed by atoms with E-state index in [0.29, 0.717) is 6.61 Å². The zero-order chi connectivity index (χ0) is 9.52. The maximum atomic E-state index is 10.7. The molecule has 0 aromatic carbocycles. The molecule has 13 heavy (non-hydrogen) atoms. The van der Waals surface area contributed by atoms with E-state index in [2.05, 4.69) is 17.6 Å². The van der Waals surface area contributed by atoms with Crippen molar-refractivity contribution in [3.8, 4) is 0 Å². The van der Waals surface area contributed by atoms with Gasteiger partial charge in [-0.05, 0) is 12.3 Å². The van der Waals surface area contributed by atoms with Crippen molar-refractivity contribution in [2.24, 2.45) is 0 Å². The van der Waals surface area contributed by atoms with Crippen molar-refractivity contribution in [3.05, 3.63) is 37.1 Å². The van der Waals surface area contributed by atoms with Gasteiger partial charge in [-0.25, -0.2) is 4.79 Å². The molecule has 0 N–H and O–H groups in total. The lowest BCUT2D eigenvalue weighted by atomic mass is 10.3. The monoisotopic (exact) mass is 179 g/mol. The van der Waals surface area contributed by atoms with E-state index >= 15 is 0 Å². The summed E-state index contributed by atoms with van der Waals surface area (Å²) in [6, 6.07) is 0. The Labute approximate surface area is 78.0 Å². The molecule has 0 atom stereocenters. The molecule has 1 aliphatic heterocycles. The highest BCUT2D eigenvalue weighted by atomic mass is 16.5. The second-order valence-corrected chi connectivity index (χ2v) is 2.64. The molecule has 0 spiro atoms. The average molecular weight is 179 g/mol. The smallest absolute Gasteiger partial charge is 0.330 e. The van der Waals surface area contributed by atoms with E-state index in [4.69, 9.17) is 4.74 Å². The molecule has 3 nitrogen and oxygen atoms in total. The minimum atomic E-state index is -0.364. The largest absolute Gasteiger partial charge is 0.461 e. The Bertz CT molecular complexity index is 243. The van der Waals surface area contributed by atoms with Crippen molar-refractivity contribution >= 4 is 5.97 Å². The van der Waals surface area contributed by atoms with Crippen LogP contribution in [0.15, 0.2) is 37.1 Å². The third-order valence-electron chi connectivity index (χ3n) is 1.67. The summed E-state index contributed by atoms with van der Waals surface area (Å²) in [5.41, 5.74) is 0. The molecule has 0 unspecified atom stereocenters. The zero-order valence-corrected chi connectivity index (χ0v) is 7.48. The van der Waals surface area contributed by atoms with E-state index in [1.54, 1.807) is 0 Å². The molecule has 0 bridgehead atoms. The van der Waals surface area contributed by atoms with Gasteiger partial charge in [0.15, 0.2) is 0 Å². The molecule has 0 fully saturated rings. The third kappa shape index (κ3) is 3.60. The number of carbonyl (C=O) groups is 1. The van der Waals surface area contributed by atoms with Crippen molar-refractivity contribution < 1.29 is 9.53 Å². The van der Waals surface area contributed by atoms with Crippen molar-refractivity contribution in [3.63, 3.8) is 0 Å². The van der Waals surface area contributed by atoms with Gasteiger partial charge in [-0.1, -0.05) is 18.7 Å². The van der Waals surface area contributed by atoms with Crippen LogP contribution in [-0.4, -0.2) is 30.6 Å². The summed E-state index contributed by atoms with van der Waals surface area (Å²) >= 11 is 0. The lowest BCUT2D eigenvalue weighted by Gasteiger charge is -2.19. The van der Waals surface area contributed by atoms with Crippen molar-refractivity contribution in [1.29, 1.82) is 0 Å². The summed E-state index contributed by atoms with van der Waals surface area (Å²) in [4.78, 5) is 12.7. The van der Waals surface area contributed by atoms with E-state index in [0.717, 1.165) is 13.1 Å². The van der Waals surface area contributed by atoms with E-state index in [1.165, 1.54) is 6.08 Å². The Morgan fingerprint density at radius 1 is 1.62 bits per heavy atom. The molecule has 0 aliphatic carbocycles. The third-order valence-corrected chi connectivity index (χ3v) is 1.67. The van der Waals surface area contributed by atoms with Crippen molar-refractivity contribution in [1.82, 2.24) is 4.90 Å². The second kappa shape index (κ2) is 5.19. The van der Waals surface area contributed by atoms with Crippen LogP contribution < -0.4 is 0 Å². The van der Waals surface area contributed by atoms with E-state index in [1.807, 2.05) is 18.4 Å². The van der Waals surface area contributed by atoms with Crippen LogP contribution in [0.2, 0.25) is 0 Å². The summed E-state index contributed by atoms with van der Waals surface area (Å²) < 4.78 is 4.84. The zero-order valence-electron chi connectivity index (χ0n) is 7.48. The van der Waals surface area contributed by atoms with Crippen LogP contribution in [0, 0.1) is 0 Å². The fourth-order valence-corrected chi connectivity index (χ4v) is 0.995. The maximum absolute atomic E-state index is 10.7. The van der Waals surface area contributed by atoms with Gasteiger partial charge in [-0.2, -0.15) is 0 Å². The van der Waals surface area contributed by atoms with Crippen LogP contribution >= 0.6 is 0 Å². The predicted molar refractivity (Wildman–Crippen MR) is 51.0 cm³/mol. The molecule has 0 aromatic rings. The van der Waals surface area contributed by atoms with Gasteiger partial charge in [0.1, 0.15) is 6.61 Å².